The summed E-state index contributed by atoms with van der Waals surface area (Å²) in [7, 11) is 0. The van der Waals surface area contributed by atoms with E-state index in [1.807, 2.05) is 43.0 Å². The Balaban J connectivity index is 1.47. The van der Waals surface area contributed by atoms with Gasteiger partial charge in [0.05, 0.1) is 23.8 Å². The second-order valence-electron chi connectivity index (χ2n) is 7.55. The number of rotatable bonds is 3. The number of hydrogen-bond donors (Lipinski definition) is 0. The highest BCUT2D eigenvalue weighted by atomic mass is 19.1. The van der Waals surface area contributed by atoms with Crippen molar-refractivity contribution < 1.29 is 14.0 Å². The molecule has 0 aromatic heterocycles. The van der Waals surface area contributed by atoms with E-state index in [9.17, 15) is 14.0 Å². The standard InChI is InChI=1S/C22H24FN3O2/c1-15-7-8-18(16(2)13-15)26-21(27)14-20(22(26)28)25-11-9-24(10-12-25)19-6-4-3-5-17(19)23/h3-8,13,20H,9-12,14H2,1-2H3/t20-/m0/s1. The average Bonchev–Trinajstić information content (AvgIpc) is 2.97. The molecular formula is C22H24FN3O2. The molecule has 0 unspecified atom stereocenters. The SMILES string of the molecule is Cc1ccc(N2C(=O)C[C@H](N3CCN(c4ccccc4F)CC3)C2=O)c(C)c1. The van der Waals surface area contributed by atoms with Gasteiger partial charge in [-0.2, -0.15) is 0 Å². The second-order valence-corrected chi connectivity index (χ2v) is 7.55. The highest BCUT2D eigenvalue weighted by Crippen LogP contribution is 2.30. The lowest BCUT2D eigenvalue weighted by molar-refractivity contribution is -0.123. The lowest BCUT2D eigenvalue weighted by Crippen LogP contribution is -2.52. The van der Waals surface area contributed by atoms with Crippen molar-refractivity contribution >= 4 is 23.2 Å². The highest BCUT2D eigenvalue weighted by molar-refractivity contribution is 6.22. The van der Waals surface area contributed by atoms with Crippen molar-refractivity contribution in [3.8, 4) is 0 Å². The molecule has 2 amide bonds. The third kappa shape index (κ3) is 3.29. The molecule has 5 nitrogen and oxygen atoms in total. The van der Waals surface area contributed by atoms with E-state index in [1.54, 1.807) is 12.1 Å². The number of halogens is 1. The summed E-state index contributed by atoms with van der Waals surface area (Å²) in [5.41, 5.74) is 3.29. The van der Waals surface area contributed by atoms with Gasteiger partial charge in [-0.1, -0.05) is 29.8 Å². The number of anilines is 2. The molecule has 2 heterocycles. The number of carbonyl (C=O) groups is 2. The first kappa shape index (κ1) is 18.6. The van der Waals surface area contributed by atoms with E-state index in [1.165, 1.54) is 11.0 Å². The molecule has 28 heavy (non-hydrogen) atoms. The zero-order valence-corrected chi connectivity index (χ0v) is 16.2. The van der Waals surface area contributed by atoms with Gasteiger partial charge < -0.3 is 4.90 Å². The summed E-state index contributed by atoms with van der Waals surface area (Å²) in [4.78, 5) is 31.1. The van der Waals surface area contributed by atoms with Crippen molar-refractivity contribution in [2.45, 2.75) is 26.3 Å². The lowest BCUT2D eigenvalue weighted by atomic mass is 10.1. The minimum atomic E-state index is -0.434. The third-order valence-electron chi connectivity index (χ3n) is 5.66. The van der Waals surface area contributed by atoms with E-state index >= 15 is 0 Å². The Labute approximate surface area is 164 Å². The van der Waals surface area contributed by atoms with Gasteiger partial charge in [0.2, 0.25) is 5.91 Å². The van der Waals surface area contributed by atoms with Crippen molar-refractivity contribution in [1.82, 2.24) is 4.90 Å². The minimum Gasteiger partial charge on any atom is -0.367 e. The summed E-state index contributed by atoms with van der Waals surface area (Å²) >= 11 is 0. The second kappa shape index (κ2) is 7.36. The molecule has 0 spiro atoms. The molecule has 2 aromatic carbocycles. The quantitative estimate of drug-likeness (QED) is 0.767. The van der Waals surface area contributed by atoms with Gasteiger partial charge in [0, 0.05) is 26.2 Å². The Kier molecular flexibility index (Phi) is 4.89. The average molecular weight is 381 g/mol. The van der Waals surface area contributed by atoms with Crippen LogP contribution in [0.5, 0.6) is 0 Å². The third-order valence-corrected chi connectivity index (χ3v) is 5.66. The summed E-state index contributed by atoms with van der Waals surface area (Å²) in [5.74, 6) is -0.543. The van der Waals surface area contributed by atoms with E-state index < -0.39 is 6.04 Å². The topological polar surface area (TPSA) is 43.9 Å². The largest absolute Gasteiger partial charge is 0.367 e. The van der Waals surface area contributed by atoms with Gasteiger partial charge >= 0.3 is 0 Å². The van der Waals surface area contributed by atoms with Crippen LogP contribution in [0, 0.1) is 19.7 Å². The summed E-state index contributed by atoms with van der Waals surface area (Å²) in [5, 5.41) is 0. The van der Waals surface area contributed by atoms with Gasteiger partial charge in [-0.3, -0.25) is 14.5 Å². The summed E-state index contributed by atoms with van der Waals surface area (Å²) in [6.07, 6.45) is 0.200. The normalized spacial score (nSPS) is 20.9. The summed E-state index contributed by atoms with van der Waals surface area (Å²) in [6.45, 7) is 6.41. The van der Waals surface area contributed by atoms with E-state index in [4.69, 9.17) is 0 Å². The van der Waals surface area contributed by atoms with Crippen molar-refractivity contribution in [3.05, 3.63) is 59.4 Å². The maximum atomic E-state index is 14.0. The van der Waals surface area contributed by atoms with Gasteiger partial charge in [0.15, 0.2) is 0 Å². The van der Waals surface area contributed by atoms with Crippen molar-refractivity contribution in [2.24, 2.45) is 0 Å². The van der Waals surface area contributed by atoms with Crippen LogP contribution < -0.4 is 9.80 Å². The van der Waals surface area contributed by atoms with Crippen molar-refractivity contribution in [1.29, 1.82) is 0 Å². The smallest absolute Gasteiger partial charge is 0.251 e. The molecule has 0 radical (unpaired) electrons. The molecule has 0 saturated carbocycles. The number of nitrogens with zero attached hydrogens (tertiary/aromatic N) is 3. The van der Waals surface area contributed by atoms with E-state index in [2.05, 4.69) is 4.90 Å². The molecule has 0 aliphatic carbocycles. The number of aryl methyl sites for hydroxylation is 2. The predicted molar refractivity (Wildman–Crippen MR) is 107 cm³/mol. The number of para-hydroxylation sites is 1. The maximum Gasteiger partial charge on any atom is 0.251 e. The Morgan fingerprint density at radius 3 is 2.32 bits per heavy atom. The van der Waals surface area contributed by atoms with Crippen LogP contribution in [0.25, 0.3) is 0 Å². The molecule has 2 aromatic rings. The minimum absolute atomic E-state index is 0.154. The highest BCUT2D eigenvalue weighted by Gasteiger charge is 2.43. The number of benzene rings is 2. The first-order valence-electron chi connectivity index (χ1n) is 9.63. The van der Waals surface area contributed by atoms with Crippen molar-refractivity contribution in [3.63, 3.8) is 0 Å². The van der Waals surface area contributed by atoms with E-state index in [0.29, 0.717) is 37.6 Å². The molecule has 0 N–H and O–H groups in total. The van der Waals surface area contributed by atoms with Gasteiger partial charge in [-0.25, -0.2) is 9.29 Å². The predicted octanol–water partition coefficient (Wildman–Crippen LogP) is 2.90. The fraction of sp³-hybridized carbons (Fsp3) is 0.364. The summed E-state index contributed by atoms with van der Waals surface area (Å²) < 4.78 is 14.0. The Morgan fingerprint density at radius 2 is 1.64 bits per heavy atom. The Bertz CT molecular complexity index is 922. The van der Waals surface area contributed by atoms with Crippen LogP contribution in [0.2, 0.25) is 0 Å². The van der Waals surface area contributed by atoms with E-state index in [-0.39, 0.29) is 24.1 Å². The number of hydrogen-bond acceptors (Lipinski definition) is 4. The van der Waals surface area contributed by atoms with Crippen LogP contribution in [-0.4, -0.2) is 48.9 Å². The first-order chi connectivity index (χ1) is 13.5. The van der Waals surface area contributed by atoms with Crippen LogP contribution in [0.1, 0.15) is 17.5 Å². The van der Waals surface area contributed by atoms with Crippen LogP contribution in [0.15, 0.2) is 42.5 Å². The van der Waals surface area contributed by atoms with Gasteiger partial charge in [-0.05, 0) is 37.6 Å². The van der Waals surface area contributed by atoms with Gasteiger partial charge in [0.1, 0.15) is 5.82 Å². The summed E-state index contributed by atoms with van der Waals surface area (Å²) in [6, 6.07) is 12.1. The number of piperazine rings is 1. The monoisotopic (exact) mass is 381 g/mol. The maximum absolute atomic E-state index is 14.0. The van der Waals surface area contributed by atoms with Crippen LogP contribution in [0.3, 0.4) is 0 Å². The molecule has 2 saturated heterocycles. The molecule has 0 bridgehead atoms. The number of amides is 2. The van der Waals surface area contributed by atoms with Crippen LogP contribution in [-0.2, 0) is 9.59 Å². The van der Waals surface area contributed by atoms with Gasteiger partial charge in [0.25, 0.3) is 5.91 Å². The molecule has 146 valence electrons. The molecular weight excluding hydrogens is 357 g/mol. The molecule has 2 aliphatic rings. The molecule has 1 atom stereocenters. The van der Waals surface area contributed by atoms with Gasteiger partial charge in [-0.15, -0.1) is 0 Å². The fourth-order valence-electron chi connectivity index (χ4n) is 4.19. The molecule has 2 fully saturated rings. The fourth-order valence-corrected chi connectivity index (χ4v) is 4.19. The van der Waals surface area contributed by atoms with Crippen LogP contribution in [0.4, 0.5) is 15.8 Å². The zero-order chi connectivity index (χ0) is 19.8. The molecule has 2 aliphatic heterocycles. The molecule has 4 rings (SSSR count). The van der Waals surface area contributed by atoms with Crippen molar-refractivity contribution in [2.75, 3.05) is 36.0 Å². The van der Waals surface area contributed by atoms with Crippen LogP contribution >= 0.6 is 0 Å². The Hall–Kier alpha value is -2.73. The first-order valence-corrected chi connectivity index (χ1v) is 9.63. The van der Waals surface area contributed by atoms with E-state index in [0.717, 1.165) is 11.1 Å². The Morgan fingerprint density at radius 1 is 0.929 bits per heavy atom. The molecule has 6 heteroatoms. The lowest BCUT2D eigenvalue weighted by Gasteiger charge is -2.38. The number of imide groups is 1. The number of carbonyl (C=O) groups excluding carboxylic acids is 2. The zero-order valence-electron chi connectivity index (χ0n) is 16.2.